The lowest BCUT2D eigenvalue weighted by Gasteiger charge is -2.03. The van der Waals surface area contributed by atoms with E-state index in [1.165, 1.54) is 12.1 Å². The molecule has 0 aliphatic heterocycles. The van der Waals surface area contributed by atoms with Crippen molar-refractivity contribution < 1.29 is 13.7 Å². The number of halogens is 1. The van der Waals surface area contributed by atoms with E-state index in [2.05, 4.69) is 25.7 Å². The van der Waals surface area contributed by atoms with Crippen LogP contribution in [0.5, 0.6) is 0 Å². The molecule has 0 atom stereocenters. The summed E-state index contributed by atoms with van der Waals surface area (Å²) in [6.45, 7) is 1.22. The van der Waals surface area contributed by atoms with Crippen LogP contribution in [-0.2, 0) is 4.74 Å². The Morgan fingerprint density at radius 3 is 2.65 bits per heavy atom. The smallest absolute Gasteiger partial charge is 0.278 e. The van der Waals surface area contributed by atoms with E-state index in [1.54, 1.807) is 31.4 Å². The van der Waals surface area contributed by atoms with Gasteiger partial charge in [0, 0.05) is 19.2 Å². The molecule has 0 aliphatic carbocycles. The van der Waals surface area contributed by atoms with E-state index in [0.717, 1.165) is 0 Å². The minimum absolute atomic E-state index is 0.250. The Balaban J connectivity index is 1.73. The molecule has 0 aliphatic rings. The van der Waals surface area contributed by atoms with Gasteiger partial charge in [-0.1, -0.05) is 5.16 Å². The van der Waals surface area contributed by atoms with Gasteiger partial charge in [-0.05, 0) is 36.4 Å². The zero-order chi connectivity index (χ0) is 16.1. The lowest BCUT2D eigenvalue weighted by Crippen LogP contribution is -2.09. The SMILES string of the molecule is COCCNc1ccc(-c2nc(-c3ccc(F)cc3)no2)nn1. The third-order valence-corrected chi connectivity index (χ3v) is 3.02. The summed E-state index contributed by atoms with van der Waals surface area (Å²) in [5, 5.41) is 15.0. The Hall–Kier alpha value is -2.87. The van der Waals surface area contributed by atoms with Gasteiger partial charge in [0.25, 0.3) is 5.89 Å². The van der Waals surface area contributed by atoms with Crippen LogP contribution in [0.25, 0.3) is 23.0 Å². The first-order valence-electron chi connectivity index (χ1n) is 6.93. The molecule has 7 nitrogen and oxygen atoms in total. The molecule has 0 saturated carbocycles. The van der Waals surface area contributed by atoms with E-state index in [-0.39, 0.29) is 11.7 Å². The van der Waals surface area contributed by atoms with Crippen LogP contribution in [0.1, 0.15) is 0 Å². The van der Waals surface area contributed by atoms with Crippen molar-refractivity contribution in [3.8, 4) is 23.0 Å². The van der Waals surface area contributed by atoms with Crippen LogP contribution in [0.4, 0.5) is 10.2 Å². The van der Waals surface area contributed by atoms with Crippen molar-refractivity contribution in [2.45, 2.75) is 0 Å². The highest BCUT2D eigenvalue weighted by Gasteiger charge is 2.12. The largest absolute Gasteiger partial charge is 0.383 e. The number of methoxy groups -OCH3 is 1. The van der Waals surface area contributed by atoms with Gasteiger partial charge in [-0.2, -0.15) is 4.98 Å². The molecule has 0 radical (unpaired) electrons. The predicted octanol–water partition coefficient (Wildman–Crippen LogP) is 2.39. The first kappa shape index (κ1) is 15.0. The second-order valence-electron chi connectivity index (χ2n) is 4.65. The van der Waals surface area contributed by atoms with Crippen LogP contribution in [-0.4, -0.2) is 40.6 Å². The van der Waals surface area contributed by atoms with Crippen molar-refractivity contribution in [3.63, 3.8) is 0 Å². The molecule has 3 aromatic rings. The molecule has 0 saturated heterocycles. The molecule has 8 heteroatoms. The van der Waals surface area contributed by atoms with Gasteiger partial charge in [0.1, 0.15) is 11.6 Å². The molecule has 2 heterocycles. The summed E-state index contributed by atoms with van der Waals surface area (Å²) in [6.07, 6.45) is 0. The van der Waals surface area contributed by atoms with Crippen LogP contribution in [0, 0.1) is 5.82 Å². The van der Waals surface area contributed by atoms with Gasteiger partial charge in [0.2, 0.25) is 5.82 Å². The minimum Gasteiger partial charge on any atom is -0.383 e. The molecule has 23 heavy (non-hydrogen) atoms. The summed E-state index contributed by atoms with van der Waals surface area (Å²) in [4.78, 5) is 4.24. The zero-order valence-electron chi connectivity index (χ0n) is 12.4. The van der Waals surface area contributed by atoms with E-state index in [4.69, 9.17) is 9.26 Å². The second-order valence-corrected chi connectivity index (χ2v) is 4.65. The van der Waals surface area contributed by atoms with Crippen LogP contribution < -0.4 is 5.32 Å². The fourth-order valence-electron chi connectivity index (χ4n) is 1.87. The van der Waals surface area contributed by atoms with Crippen molar-refractivity contribution in [3.05, 3.63) is 42.2 Å². The van der Waals surface area contributed by atoms with E-state index >= 15 is 0 Å². The first-order chi connectivity index (χ1) is 11.3. The van der Waals surface area contributed by atoms with Gasteiger partial charge in [-0.25, -0.2) is 4.39 Å². The van der Waals surface area contributed by atoms with Crippen molar-refractivity contribution in [2.75, 3.05) is 25.6 Å². The number of benzene rings is 1. The second kappa shape index (κ2) is 6.93. The van der Waals surface area contributed by atoms with Gasteiger partial charge < -0.3 is 14.6 Å². The normalized spacial score (nSPS) is 10.7. The molecular weight excluding hydrogens is 301 g/mol. The van der Waals surface area contributed by atoms with Crippen LogP contribution in [0.3, 0.4) is 0 Å². The standard InChI is InChI=1S/C15H14FN5O2/c1-22-9-8-17-13-7-6-12(19-20-13)15-18-14(21-23-15)10-2-4-11(16)5-3-10/h2-7H,8-9H2,1H3,(H,17,20). The number of anilines is 1. The summed E-state index contributed by atoms with van der Waals surface area (Å²) in [5.41, 5.74) is 1.12. The Bertz CT molecular complexity index is 758. The van der Waals surface area contributed by atoms with Gasteiger partial charge in [0.05, 0.1) is 6.61 Å². The Morgan fingerprint density at radius 2 is 1.96 bits per heavy atom. The molecule has 1 N–H and O–H groups in total. The minimum atomic E-state index is -0.320. The van der Waals surface area contributed by atoms with Crippen LogP contribution in [0.15, 0.2) is 40.9 Å². The topological polar surface area (TPSA) is 86.0 Å². The number of hydrogen-bond donors (Lipinski definition) is 1. The fourth-order valence-corrected chi connectivity index (χ4v) is 1.87. The average Bonchev–Trinajstić information content (AvgIpc) is 3.06. The molecule has 0 amide bonds. The maximum absolute atomic E-state index is 12.9. The van der Waals surface area contributed by atoms with Gasteiger partial charge in [-0.3, -0.25) is 0 Å². The van der Waals surface area contributed by atoms with Crippen LogP contribution >= 0.6 is 0 Å². The molecule has 3 rings (SSSR count). The number of aromatic nitrogens is 4. The first-order valence-corrected chi connectivity index (χ1v) is 6.93. The summed E-state index contributed by atoms with van der Waals surface area (Å²) < 4.78 is 23.0. The Morgan fingerprint density at radius 1 is 1.13 bits per heavy atom. The summed E-state index contributed by atoms with van der Waals surface area (Å²) in [6, 6.07) is 9.33. The van der Waals surface area contributed by atoms with Crippen LogP contribution in [0.2, 0.25) is 0 Å². The van der Waals surface area contributed by atoms with Crippen molar-refractivity contribution in [1.82, 2.24) is 20.3 Å². The van der Waals surface area contributed by atoms with Gasteiger partial charge >= 0.3 is 0 Å². The summed E-state index contributed by atoms with van der Waals surface area (Å²) >= 11 is 0. The Labute approximate surface area is 131 Å². The molecule has 0 unspecified atom stereocenters. The molecule has 1 aromatic carbocycles. The quantitative estimate of drug-likeness (QED) is 0.699. The maximum atomic E-state index is 12.9. The van der Waals surface area contributed by atoms with Crippen molar-refractivity contribution in [1.29, 1.82) is 0 Å². The molecular formula is C15H14FN5O2. The van der Waals surface area contributed by atoms with Gasteiger partial charge in [-0.15, -0.1) is 10.2 Å². The molecule has 0 spiro atoms. The molecule has 0 fully saturated rings. The highest BCUT2D eigenvalue weighted by molar-refractivity contribution is 5.57. The third-order valence-electron chi connectivity index (χ3n) is 3.02. The van der Waals surface area contributed by atoms with E-state index in [0.29, 0.717) is 36.1 Å². The number of nitrogens with zero attached hydrogens (tertiary/aromatic N) is 4. The average molecular weight is 315 g/mol. The lowest BCUT2D eigenvalue weighted by atomic mass is 10.2. The fraction of sp³-hybridized carbons (Fsp3) is 0.200. The number of hydrogen-bond acceptors (Lipinski definition) is 7. The molecule has 0 bridgehead atoms. The van der Waals surface area contributed by atoms with Crippen molar-refractivity contribution in [2.24, 2.45) is 0 Å². The molecule has 118 valence electrons. The third kappa shape index (κ3) is 3.67. The van der Waals surface area contributed by atoms with Crippen molar-refractivity contribution >= 4 is 5.82 Å². The number of nitrogens with one attached hydrogen (secondary N) is 1. The number of rotatable bonds is 6. The van der Waals surface area contributed by atoms with Gasteiger partial charge in [0.15, 0.2) is 5.69 Å². The molecule has 2 aromatic heterocycles. The van der Waals surface area contributed by atoms with E-state index < -0.39 is 0 Å². The zero-order valence-corrected chi connectivity index (χ0v) is 12.4. The van der Waals surface area contributed by atoms with E-state index in [9.17, 15) is 4.39 Å². The summed E-state index contributed by atoms with van der Waals surface area (Å²) in [5.74, 6) is 0.924. The monoisotopic (exact) mass is 315 g/mol. The maximum Gasteiger partial charge on any atom is 0.278 e. The predicted molar refractivity (Wildman–Crippen MR) is 81.1 cm³/mol. The van der Waals surface area contributed by atoms with E-state index in [1.807, 2.05) is 0 Å². The highest BCUT2D eigenvalue weighted by Crippen LogP contribution is 2.21. The number of ether oxygens (including phenoxy) is 1. The lowest BCUT2D eigenvalue weighted by molar-refractivity contribution is 0.210. The highest BCUT2D eigenvalue weighted by atomic mass is 19.1. The summed E-state index contributed by atoms with van der Waals surface area (Å²) in [7, 11) is 1.63. The Kier molecular flexibility index (Phi) is 4.53.